The fraction of sp³-hybridized carbons (Fsp3) is 0.625. The van der Waals surface area contributed by atoms with E-state index in [-0.39, 0.29) is 6.04 Å². The third-order valence-electron chi connectivity index (χ3n) is 4.47. The highest BCUT2D eigenvalue weighted by Gasteiger charge is 2.24. The van der Waals surface area contributed by atoms with Gasteiger partial charge in [-0.1, -0.05) is 26.0 Å². The summed E-state index contributed by atoms with van der Waals surface area (Å²) in [6.07, 6.45) is 3.66. The molecular weight excluding hydrogens is 220 g/mol. The van der Waals surface area contributed by atoms with Crippen LogP contribution < -0.4 is 10.6 Å². The van der Waals surface area contributed by atoms with E-state index in [2.05, 4.69) is 49.9 Å². The van der Waals surface area contributed by atoms with Crippen molar-refractivity contribution in [1.82, 2.24) is 0 Å². The second-order valence-electron chi connectivity index (χ2n) is 5.66. The van der Waals surface area contributed by atoms with Crippen molar-refractivity contribution >= 4 is 5.69 Å². The number of hydrogen-bond donors (Lipinski definition) is 1. The summed E-state index contributed by atoms with van der Waals surface area (Å²) in [5.74, 6) is 0.788. The molecule has 1 aromatic carbocycles. The average molecular weight is 246 g/mol. The second-order valence-corrected chi connectivity index (χ2v) is 5.66. The lowest BCUT2D eigenvalue weighted by Gasteiger charge is -2.39. The zero-order valence-electron chi connectivity index (χ0n) is 11.9. The summed E-state index contributed by atoms with van der Waals surface area (Å²) in [4.78, 5) is 2.54. The lowest BCUT2D eigenvalue weighted by atomic mass is 9.91. The third kappa shape index (κ3) is 2.69. The smallest absolute Gasteiger partial charge is 0.0368 e. The van der Waals surface area contributed by atoms with Gasteiger partial charge in [0.25, 0.3) is 0 Å². The molecule has 1 aliphatic heterocycles. The van der Waals surface area contributed by atoms with E-state index in [0.29, 0.717) is 6.04 Å². The van der Waals surface area contributed by atoms with Crippen LogP contribution in [0.5, 0.6) is 0 Å². The van der Waals surface area contributed by atoms with Gasteiger partial charge in [0.1, 0.15) is 0 Å². The van der Waals surface area contributed by atoms with Crippen molar-refractivity contribution in [2.45, 2.75) is 52.1 Å². The Balaban J connectivity index is 2.13. The van der Waals surface area contributed by atoms with Crippen LogP contribution in [0.4, 0.5) is 5.69 Å². The number of piperidine rings is 1. The minimum atomic E-state index is 0.178. The molecule has 1 fully saturated rings. The molecule has 0 radical (unpaired) electrons. The summed E-state index contributed by atoms with van der Waals surface area (Å²) in [6.45, 7) is 8.02. The SMILES string of the molecule is CC[C@@H](N)c1ccc(N2CCCC(C)C2C)cc1. The van der Waals surface area contributed by atoms with E-state index in [1.54, 1.807) is 0 Å². The molecule has 0 amide bonds. The normalized spacial score (nSPS) is 26.1. The number of benzene rings is 1. The van der Waals surface area contributed by atoms with Crippen LogP contribution in [0.3, 0.4) is 0 Å². The lowest BCUT2D eigenvalue weighted by molar-refractivity contribution is 0.363. The van der Waals surface area contributed by atoms with Crippen molar-refractivity contribution in [3.05, 3.63) is 29.8 Å². The average Bonchev–Trinajstić information content (AvgIpc) is 2.41. The number of rotatable bonds is 3. The predicted molar refractivity (Wildman–Crippen MR) is 78.9 cm³/mol. The van der Waals surface area contributed by atoms with Crippen molar-refractivity contribution in [3.63, 3.8) is 0 Å². The van der Waals surface area contributed by atoms with Gasteiger partial charge in [-0.15, -0.1) is 0 Å². The minimum Gasteiger partial charge on any atom is -0.369 e. The lowest BCUT2D eigenvalue weighted by Crippen LogP contribution is -2.42. The number of anilines is 1. The Hall–Kier alpha value is -1.02. The van der Waals surface area contributed by atoms with E-state index in [1.165, 1.54) is 30.6 Å². The second kappa shape index (κ2) is 5.75. The van der Waals surface area contributed by atoms with Crippen molar-refractivity contribution in [2.24, 2.45) is 11.7 Å². The van der Waals surface area contributed by atoms with Gasteiger partial charge in [-0.2, -0.15) is 0 Å². The van der Waals surface area contributed by atoms with E-state index >= 15 is 0 Å². The van der Waals surface area contributed by atoms with Crippen molar-refractivity contribution in [2.75, 3.05) is 11.4 Å². The Bertz CT molecular complexity index is 371. The number of nitrogens with zero attached hydrogens (tertiary/aromatic N) is 1. The first-order chi connectivity index (χ1) is 8.63. The van der Waals surface area contributed by atoms with Crippen LogP contribution in [0.1, 0.15) is 51.6 Å². The zero-order chi connectivity index (χ0) is 13.1. The quantitative estimate of drug-likeness (QED) is 0.880. The molecule has 2 rings (SSSR count). The molecule has 18 heavy (non-hydrogen) atoms. The maximum atomic E-state index is 6.06. The first kappa shape index (κ1) is 13.4. The molecular formula is C16H26N2. The largest absolute Gasteiger partial charge is 0.369 e. The molecule has 3 atom stereocenters. The Morgan fingerprint density at radius 2 is 1.94 bits per heavy atom. The molecule has 0 aromatic heterocycles. The summed E-state index contributed by atoms with van der Waals surface area (Å²) in [5.41, 5.74) is 8.66. The van der Waals surface area contributed by atoms with Crippen molar-refractivity contribution in [1.29, 1.82) is 0 Å². The fourth-order valence-electron chi connectivity index (χ4n) is 2.85. The molecule has 1 aromatic rings. The monoisotopic (exact) mass is 246 g/mol. The topological polar surface area (TPSA) is 29.3 Å². The molecule has 1 heterocycles. The standard InChI is InChI=1S/C16H26N2/c1-4-16(17)14-7-9-15(10-8-14)18-11-5-6-12(2)13(18)3/h7-10,12-13,16H,4-6,11,17H2,1-3H3/t12?,13?,16-/m1/s1. The first-order valence-corrected chi connectivity index (χ1v) is 7.25. The molecule has 0 saturated carbocycles. The van der Waals surface area contributed by atoms with Crippen LogP contribution in [0, 0.1) is 5.92 Å². The Kier molecular flexibility index (Phi) is 4.28. The molecule has 0 bridgehead atoms. The maximum Gasteiger partial charge on any atom is 0.0368 e. The molecule has 2 unspecified atom stereocenters. The molecule has 1 saturated heterocycles. The Morgan fingerprint density at radius 3 is 2.56 bits per heavy atom. The van der Waals surface area contributed by atoms with E-state index in [9.17, 15) is 0 Å². The predicted octanol–water partition coefficient (Wildman–Crippen LogP) is 3.72. The van der Waals surface area contributed by atoms with Gasteiger partial charge in [0.05, 0.1) is 0 Å². The van der Waals surface area contributed by atoms with Gasteiger partial charge >= 0.3 is 0 Å². The summed E-state index contributed by atoms with van der Waals surface area (Å²) in [5, 5.41) is 0. The molecule has 100 valence electrons. The molecule has 2 heteroatoms. The van der Waals surface area contributed by atoms with Gasteiger partial charge in [-0.05, 0) is 49.8 Å². The summed E-state index contributed by atoms with van der Waals surface area (Å²) >= 11 is 0. The third-order valence-corrected chi connectivity index (χ3v) is 4.47. The van der Waals surface area contributed by atoms with Crippen LogP contribution in [0.15, 0.2) is 24.3 Å². The highest BCUT2D eigenvalue weighted by Crippen LogP contribution is 2.29. The Labute approximate surface area is 111 Å². The first-order valence-electron chi connectivity index (χ1n) is 7.25. The fourth-order valence-corrected chi connectivity index (χ4v) is 2.85. The highest BCUT2D eigenvalue weighted by atomic mass is 15.2. The number of hydrogen-bond acceptors (Lipinski definition) is 2. The van der Waals surface area contributed by atoms with Crippen molar-refractivity contribution in [3.8, 4) is 0 Å². The van der Waals surface area contributed by atoms with Crippen LogP contribution in [-0.2, 0) is 0 Å². The van der Waals surface area contributed by atoms with Gasteiger partial charge in [0, 0.05) is 24.3 Å². The van der Waals surface area contributed by atoms with Gasteiger partial charge in [-0.25, -0.2) is 0 Å². The number of nitrogens with two attached hydrogens (primary N) is 1. The van der Waals surface area contributed by atoms with Crippen LogP contribution in [-0.4, -0.2) is 12.6 Å². The van der Waals surface area contributed by atoms with Gasteiger partial charge in [-0.3, -0.25) is 0 Å². The molecule has 0 spiro atoms. The van der Waals surface area contributed by atoms with E-state index in [4.69, 9.17) is 5.73 Å². The molecule has 2 N–H and O–H groups in total. The van der Waals surface area contributed by atoms with Crippen LogP contribution in [0.25, 0.3) is 0 Å². The zero-order valence-corrected chi connectivity index (χ0v) is 11.9. The molecule has 2 nitrogen and oxygen atoms in total. The van der Waals surface area contributed by atoms with Gasteiger partial charge < -0.3 is 10.6 Å². The van der Waals surface area contributed by atoms with E-state index < -0.39 is 0 Å². The summed E-state index contributed by atoms with van der Waals surface area (Å²) in [7, 11) is 0. The van der Waals surface area contributed by atoms with Crippen LogP contribution in [0.2, 0.25) is 0 Å². The summed E-state index contributed by atoms with van der Waals surface area (Å²) < 4.78 is 0. The molecule has 1 aliphatic rings. The Morgan fingerprint density at radius 1 is 1.28 bits per heavy atom. The van der Waals surface area contributed by atoms with E-state index in [0.717, 1.165) is 12.3 Å². The minimum absolute atomic E-state index is 0.178. The van der Waals surface area contributed by atoms with Gasteiger partial charge in [0.15, 0.2) is 0 Å². The summed E-state index contributed by atoms with van der Waals surface area (Å²) in [6, 6.07) is 9.67. The van der Waals surface area contributed by atoms with Gasteiger partial charge in [0.2, 0.25) is 0 Å². The van der Waals surface area contributed by atoms with Crippen molar-refractivity contribution < 1.29 is 0 Å². The van der Waals surface area contributed by atoms with E-state index in [1.807, 2.05) is 0 Å². The highest BCUT2D eigenvalue weighted by molar-refractivity contribution is 5.49. The maximum absolute atomic E-state index is 6.06. The molecule has 0 aliphatic carbocycles. The van der Waals surface area contributed by atoms with Crippen LogP contribution >= 0.6 is 0 Å².